The van der Waals surface area contributed by atoms with Gasteiger partial charge >= 0.3 is 17.9 Å². The van der Waals surface area contributed by atoms with Gasteiger partial charge in [0.1, 0.15) is 24.4 Å². The van der Waals surface area contributed by atoms with E-state index < -0.39 is 22.5 Å². The molecule has 2 saturated carbocycles. The molecule has 1 unspecified atom stereocenters. The fourth-order valence-electron chi connectivity index (χ4n) is 7.62. The highest BCUT2D eigenvalue weighted by Gasteiger charge is 2.78. The van der Waals surface area contributed by atoms with E-state index in [0.717, 1.165) is 25.7 Å². The first-order valence-electron chi connectivity index (χ1n) is 12.0. The van der Waals surface area contributed by atoms with Crippen LogP contribution in [0.25, 0.3) is 0 Å². The van der Waals surface area contributed by atoms with E-state index in [4.69, 9.17) is 23.7 Å². The van der Waals surface area contributed by atoms with Crippen molar-refractivity contribution in [2.45, 2.75) is 77.1 Å². The molecule has 5 aliphatic rings. The van der Waals surface area contributed by atoms with Crippen molar-refractivity contribution < 1.29 is 38.1 Å². The van der Waals surface area contributed by atoms with Crippen LogP contribution in [-0.4, -0.2) is 62.1 Å². The summed E-state index contributed by atoms with van der Waals surface area (Å²) in [4.78, 5) is 37.7. The molecule has 3 saturated heterocycles. The SMILES string of the molecule is CC(=O)OC[C@@]12[C@@H](OC(C)=O)C[C@@H](C)[C@]3(C[C@H](C4CCOC4)OC3=O)[C@H]1CCC[C@]21CO1. The van der Waals surface area contributed by atoms with Gasteiger partial charge in [0, 0.05) is 32.8 Å². The topological polar surface area (TPSA) is 101 Å². The summed E-state index contributed by atoms with van der Waals surface area (Å²) >= 11 is 0. The number of carbonyl (C=O) groups excluding carboxylic acids is 3. The van der Waals surface area contributed by atoms with Gasteiger partial charge in [0.05, 0.1) is 24.0 Å². The van der Waals surface area contributed by atoms with Crippen molar-refractivity contribution in [3.05, 3.63) is 0 Å². The fourth-order valence-corrected chi connectivity index (χ4v) is 7.62. The summed E-state index contributed by atoms with van der Waals surface area (Å²) in [5, 5.41) is 0. The third-order valence-corrected chi connectivity index (χ3v) is 9.17. The number of hydrogen-bond acceptors (Lipinski definition) is 8. The minimum Gasteiger partial charge on any atom is -0.465 e. The van der Waals surface area contributed by atoms with E-state index in [1.807, 2.05) is 0 Å². The molecule has 8 nitrogen and oxygen atoms in total. The van der Waals surface area contributed by atoms with Crippen molar-refractivity contribution in [1.82, 2.24) is 0 Å². The van der Waals surface area contributed by atoms with Crippen LogP contribution < -0.4 is 0 Å². The third kappa shape index (κ3) is 3.05. The lowest BCUT2D eigenvalue weighted by molar-refractivity contribution is -0.228. The summed E-state index contributed by atoms with van der Waals surface area (Å²) in [7, 11) is 0. The van der Waals surface area contributed by atoms with Crippen molar-refractivity contribution in [2.75, 3.05) is 26.4 Å². The van der Waals surface area contributed by atoms with Gasteiger partial charge in [-0.15, -0.1) is 0 Å². The van der Waals surface area contributed by atoms with Gasteiger partial charge in [-0.2, -0.15) is 0 Å². The van der Waals surface area contributed by atoms with Crippen LogP contribution in [0.15, 0.2) is 0 Å². The summed E-state index contributed by atoms with van der Waals surface area (Å²) in [6.07, 6.45) is 3.92. The average Bonchev–Trinajstić information content (AvgIpc) is 3.16. The molecule has 5 rings (SSSR count). The highest BCUT2D eigenvalue weighted by atomic mass is 16.6. The number of ether oxygens (including phenoxy) is 5. The molecular formula is C24H34O8. The Hall–Kier alpha value is -1.67. The van der Waals surface area contributed by atoms with E-state index in [9.17, 15) is 14.4 Å². The number of carbonyl (C=O) groups is 3. The van der Waals surface area contributed by atoms with Gasteiger partial charge in [0.25, 0.3) is 0 Å². The zero-order chi connectivity index (χ0) is 22.7. The quantitative estimate of drug-likeness (QED) is 0.366. The second-order valence-electron chi connectivity index (χ2n) is 10.6. The molecule has 8 heteroatoms. The predicted molar refractivity (Wildman–Crippen MR) is 110 cm³/mol. The van der Waals surface area contributed by atoms with Gasteiger partial charge in [-0.1, -0.05) is 13.3 Å². The van der Waals surface area contributed by atoms with E-state index >= 15 is 0 Å². The Bertz CT molecular complexity index is 800. The standard InChI is InChI=1S/C24H34O8/c1-14-9-20(31-16(3)26)24(13-29-15(2)25)19(5-4-7-22(24)12-30-22)23(14)10-18(32-21(23)27)17-6-8-28-11-17/h14,17-20H,4-13H2,1-3H3/t14-,17?,18-,19-,20+,22+,23-,24+/m1/s1. The van der Waals surface area contributed by atoms with Gasteiger partial charge < -0.3 is 23.7 Å². The summed E-state index contributed by atoms with van der Waals surface area (Å²) in [5.41, 5.74) is -1.99. The van der Waals surface area contributed by atoms with Crippen LogP contribution in [0.4, 0.5) is 0 Å². The molecule has 0 aromatic rings. The maximum atomic E-state index is 13.7. The van der Waals surface area contributed by atoms with Crippen molar-refractivity contribution >= 4 is 17.9 Å². The number of cyclic esters (lactones) is 1. The number of esters is 3. The summed E-state index contributed by atoms with van der Waals surface area (Å²) in [6.45, 7) is 6.81. The van der Waals surface area contributed by atoms with E-state index in [-0.39, 0.29) is 48.4 Å². The average molecular weight is 451 g/mol. The Labute approximate surface area is 188 Å². The van der Waals surface area contributed by atoms with E-state index in [0.29, 0.717) is 32.7 Å². The smallest absolute Gasteiger partial charge is 0.313 e. The highest BCUT2D eigenvalue weighted by molar-refractivity contribution is 5.81. The number of hydrogen-bond donors (Lipinski definition) is 0. The molecule has 2 spiro atoms. The molecule has 0 aromatic carbocycles. The van der Waals surface area contributed by atoms with Crippen LogP contribution in [0.3, 0.4) is 0 Å². The van der Waals surface area contributed by atoms with Crippen LogP contribution in [0.5, 0.6) is 0 Å². The number of fused-ring (bicyclic) bond motifs is 3. The zero-order valence-electron chi connectivity index (χ0n) is 19.2. The second-order valence-corrected chi connectivity index (χ2v) is 10.6. The van der Waals surface area contributed by atoms with Gasteiger partial charge in [-0.25, -0.2) is 0 Å². The lowest BCUT2D eigenvalue weighted by Crippen LogP contribution is -2.68. The molecule has 8 atom stereocenters. The lowest BCUT2D eigenvalue weighted by atomic mass is 9.42. The van der Waals surface area contributed by atoms with Crippen molar-refractivity contribution in [2.24, 2.45) is 28.6 Å². The predicted octanol–water partition coefficient (Wildman–Crippen LogP) is 2.41. The molecule has 178 valence electrons. The summed E-state index contributed by atoms with van der Waals surface area (Å²) in [5.74, 6) is -0.874. The maximum Gasteiger partial charge on any atom is 0.313 e. The Morgan fingerprint density at radius 2 is 1.97 bits per heavy atom. The normalized spacial score (nSPS) is 47.2. The molecule has 3 aliphatic heterocycles. The minimum absolute atomic E-state index is 0.0315. The van der Waals surface area contributed by atoms with Crippen molar-refractivity contribution in [3.63, 3.8) is 0 Å². The second kappa shape index (κ2) is 7.69. The number of epoxide rings is 1. The fraction of sp³-hybridized carbons (Fsp3) is 0.875. The van der Waals surface area contributed by atoms with Crippen LogP contribution in [0, 0.1) is 28.6 Å². The largest absolute Gasteiger partial charge is 0.465 e. The molecule has 0 amide bonds. The Balaban J connectivity index is 1.59. The van der Waals surface area contributed by atoms with Gasteiger partial charge in [-0.3, -0.25) is 14.4 Å². The Kier molecular flexibility index (Phi) is 5.32. The lowest BCUT2D eigenvalue weighted by Gasteiger charge is -2.61. The zero-order valence-corrected chi connectivity index (χ0v) is 19.2. The molecule has 0 bridgehead atoms. The third-order valence-electron chi connectivity index (χ3n) is 9.17. The van der Waals surface area contributed by atoms with E-state index in [1.165, 1.54) is 13.8 Å². The molecule has 32 heavy (non-hydrogen) atoms. The molecule has 3 heterocycles. The molecular weight excluding hydrogens is 416 g/mol. The van der Waals surface area contributed by atoms with Crippen LogP contribution in [0.1, 0.15) is 59.3 Å². The van der Waals surface area contributed by atoms with E-state index in [1.54, 1.807) is 0 Å². The molecule has 2 aliphatic carbocycles. The molecule has 0 aromatic heterocycles. The summed E-state index contributed by atoms with van der Waals surface area (Å²) < 4.78 is 29.3. The van der Waals surface area contributed by atoms with Gasteiger partial charge in [0.2, 0.25) is 0 Å². The first-order valence-corrected chi connectivity index (χ1v) is 12.0. The highest BCUT2D eigenvalue weighted by Crippen LogP contribution is 2.70. The van der Waals surface area contributed by atoms with Crippen LogP contribution >= 0.6 is 0 Å². The monoisotopic (exact) mass is 450 g/mol. The number of rotatable bonds is 4. The van der Waals surface area contributed by atoms with Gasteiger partial charge in [0.15, 0.2) is 0 Å². The van der Waals surface area contributed by atoms with Crippen LogP contribution in [-0.2, 0) is 38.1 Å². The molecule has 0 radical (unpaired) electrons. The van der Waals surface area contributed by atoms with Gasteiger partial charge in [-0.05, 0) is 37.5 Å². The minimum atomic E-state index is -0.755. The van der Waals surface area contributed by atoms with Crippen molar-refractivity contribution in [3.8, 4) is 0 Å². The molecule has 0 N–H and O–H groups in total. The molecule has 5 fully saturated rings. The van der Waals surface area contributed by atoms with Crippen molar-refractivity contribution in [1.29, 1.82) is 0 Å². The Morgan fingerprint density at radius 3 is 2.59 bits per heavy atom. The maximum absolute atomic E-state index is 13.7. The first kappa shape index (κ1) is 22.1. The van der Waals surface area contributed by atoms with Crippen LogP contribution in [0.2, 0.25) is 0 Å². The Morgan fingerprint density at radius 1 is 1.19 bits per heavy atom. The summed E-state index contributed by atoms with van der Waals surface area (Å²) in [6, 6.07) is 0. The van der Waals surface area contributed by atoms with E-state index in [2.05, 4.69) is 6.92 Å². The first-order chi connectivity index (χ1) is 15.2.